The smallest absolute Gasteiger partial charge is 0.225 e. The third kappa shape index (κ3) is 4.06. The quantitative estimate of drug-likeness (QED) is 0.773. The first-order valence-electron chi connectivity index (χ1n) is 7.81. The minimum absolute atomic E-state index is 0.0148. The summed E-state index contributed by atoms with van der Waals surface area (Å²) in [4.78, 5) is 21.9. The molecular formula is C19H19N3OS. The second-order valence-corrected chi connectivity index (χ2v) is 6.80. The Morgan fingerprint density at radius 3 is 2.83 bits per heavy atom. The van der Waals surface area contributed by atoms with Crippen LogP contribution in [0.2, 0.25) is 0 Å². The summed E-state index contributed by atoms with van der Waals surface area (Å²) >= 11 is 1.55. The van der Waals surface area contributed by atoms with Gasteiger partial charge in [-0.3, -0.25) is 9.78 Å². The number of aryl methyl sites for hydroxylation is 2. The van der Waals surface area contributed by atoms with Crippen LogP contribution < -0.4 is 5.32 Å². The van der Waals surface area contributed by atoms with Crippen LogP contribution in [-0.2, 0) is 17.8 Å². The fraction of sp³-hybridized carbons (Fsp3) is 0.211. The summed E-state index contributed by atoms with van der Waals surface area (Å²) in [6.45, 7) is 4.54. The van der Waals surface area contributed by atoms with Gasteiger partial charge in [0.05, 0.1) is 12.1 Å². The van der Waals surface area contributed by atoms with E-state index in [0.29, 0.717) is 13.0 Å². The van der Waals surface area contributed by atoms with Crippen LogP contribution in [0.5, 0.6) is 0 Å². The predicted molar refractivity (Wildman–Crippen MR) is 96.8 cm³/mol. The van der Waals surface area contributed by atoms with Gasteiger partial charge in [0.1, 0.15) is 5.01 Å². The van der Waals surface area contributed by atoms with Crippen LogP contribution in [-0.4, -0.2) is 15.9 Å². The van der Waals surface area contributed by atoms with Crippen LogP contribution >= 0.6 is 11.3 Å². The zero-order valence-electron chi connectivity index (χ0n) is 13.7. The molecule has 5 heteroatoms. The van der Waals surface area contributed by atoms with Crippen LogP contribution in [0.15, 0.2) is 48.8 Å². The molecule has 0 fully saturated rings. The molecule has 4 nitrogen and oxygen atoms in total. The van der Waals surface area contributed by atoms with Gasteiger partial charge in [0.2, 0.25) is 5.91 Å². The van der Waals surface area contributed by atoms with Crippen LogP contribution in [0.25, 0.3) is 10.6 Å². The molecule has 1 aromatic carbocycles. The summed E-state index contributed by atoms with van der Waals surface area (Å²) in [5, 5.41) is 3.88. The third-order valence-corrected chi connectivity index (χ3v) is 4.90. The van der Waals surface area contributed by atoms with Crippen molar-refractivity contribution in [2.75, 3.05) is 0 Å². The molecule has 2 heterocycles. The fourth-order valence-electron chi connectivity index (χ4n) is 2.44. The average Bonchev–Trinajstić information content (AvgIpc) is 2.95. The first-order valence-corrected chi connectivity index (χ1v) is 8.62. The lowest BCUT2D eigenvalue weighted by atomic mass is 10.1. The molecule has 0 saturated carbocycles. The molecule has 0 saturated heterocycles. The Hall–Kier alpha value is -2.53. The number of carbonyl (C=O) groups is 1. The highest BCUT2D eigenvalue weighted by molar-refractivity contribution is 7.15. The van der Waals surface area contributed by atoms with E-state index >= 15 is 0 Å². The Balaban J connectivity index is 1.63. The lowest BCUT2D eigenvalue weighted by molar-refractivity contribution is -0.120. The molecule has 0 atom stereocenters. The molecule has 24 heavy (non-hydrogen) atoms. The highest BCUT2D eigenvalue weighted by atomic mass is 32.1. The Bertz CT molecular complexity index is 843. The van der Waals surface area contributed by atoms with Gasteiger partial charge in [-0.15, -0.1) is 11.3 Å². The van der Waals surface area contributed by atoms with Gasteiger partial charge in [0, 0.05) is 29.4 Å². The second-order valence-electron chi connectivity index (χ2n) is 5.71. The first-order chi connectivity index (χ1) is 11.6. The molecular weight excluding hydrogens is 318 g/mol. The maximum atomic E-state index is 12.2. The number of amides is 1. The maximum absolute atomic E-state index is 12.2. The van der Waals surface area contributed by atoms with E-state index in [1.54, 1.807) is 23.7 Å². The number of nitrogens with one attached hydrogen (secondary N) is 1. The number of benzene rings is 1. The largest absolute Gasteiger partial charge is 0.352 e. The SMILES string of the molecule is Cc1cccc(CNC(=O)Cc2sc(-c3cccnc3)nc2C)c1. The predicted octanol–water partition coefficient (Wildman–Crippen LogP) is 3.68. The standard InChI is InChI=1S/C19H19N3OS/c1-13-5-3-6-15(9-13)11-21-18(23)10-17-14(2)22-19(24-17)16-7-4-8-20-12-16/h3-9,12H,10-11H2,1-2H3,(H,21,23). The number of carbonyl (C=O) groups excluding carboxylic acids is 1. The Morgan fingerprint density at radius 1 is 1.21 bits per heavy atom. The van der Waals surface area contributed by atoms with Gasteiger partial charge < -0.3 is 5.32 Å². The zero-order valence-corrected chi connectivity index (χ0v) is 14.6. The number of pyridine rings is 1. The third-order valence-electron chi connectivity index (χ3n) is 3.69. The van der Waals surface area contributed by atoms with Gasteiger partial charge in [-0.25, -0.2) is 4.98 Å². The summed E-state index contributed by atoms with van der Waals surface area (Å²) < 4.78 is 0. The minimum Gasteiger partial charge on any atom is -0.352 e. The van der Waals surface area contributed by atoms with Gasteiger partial charge in [-0.05, 0) is 31.5 Å². The monoisotopic (exact) mass is 337 g/mol. The van der Waals surface area contributed by atoms with Crippen molar-refractivity contribution in [2.45, 2.75) is 26.8 Å². The molecule has 1 N–H and O–H groups in total. The number of aromatic nitrogens is 2. The van der Waals surface area contributed by atoms with Crippen molar-refractivity contribution in [3.63, 3.8) is 0 Å². The van der Waals surface area contributed by atoms with Crippen molar-refractivity contribution < 1.29 is 4.79 Å². The molecule has 3 aromatic rings. The van der Waals surface area contributed by atoms with Gasteiger partial charge >= 0.3 is 0 Å². The van der Waals surface area contributed by atoms with Gasteiger partial charge in [0.15, 0.2) is 0 Å². The van der Waals surface area contributed by atoms with E-state index in [1.807, 2.05) is 44.2 Å². The van der Waals surface area contributed by atoms with E-state index in [4.69, 9.17) is 0 Å². The van der Waals surface area contributed by atoms with Crippen molar-refractivity contribution in [3.8, 4) is 10.6 Å². The molecule has 0 bridgehead atoms. The fourth-order valence-corrected chi connectivity index (χ4v) is 3.49. The number of thiazole rings is 1. The lowest BCUT2D eigenvalue weighted by Crippen LogP contribution is -2.24. The maximum Gasteiger partial charge on any atom is 0.225 e. The second kappa shape index (κ2) is 7.36. The normalized spacial score (nSPS) is 10.6. The van der Waals surface area contributed by atoms with Gasteiger partial charge in [-0.2, -0.15) is 0 Å². The van der Waals surface area contributed by atoms with Crippen molar-refractivity contribution in [1.82, 2.24) is 15.3 Å². The first kappa shape index (κ1) is 16.3. The van der Waals surface area contributed by atoms with E-state index in [0.717, 1.165) is 26.7 Å². The van der Waals surface area contributed by atoms with Crippen LogP contribution in [0.1, 0.15) is 21.7 Å². The number of hydrogen-bond acceptors (Lipinski definition) is 4. The molecule has 0 spiro atoms. The molecule has 0 aliphatic heterocycles. The summed E-state index contributed by atoms with van der Waals surface area (Å²) in [5.41, 5.74) is 4.20. The Kier molecular flexibility index (Phi) is 5.01. The van der Waals surface area contributed by atoms with Crippen molar-refractivity contribution in [3.05, 3.63) is 70.5 Å². The molecule has 0 aliphatic rings. The van der Waals surface area contributed by atoms with E-state index in [9.17, 15) is 4.79 Å². The Labute approximate surface area is 145 Å². The zero-order chi connectivity index (χ0) is 16.9. The van der Waals surface area contributed by atoms with Crippen molar-refractivity contribution >= 4 is 17.2 Å². The number of hydrogen-bond donors (Lipinski definition) is 1. The van der Waals surface area contributed by atoms with E-state index in [-0.39, 0.29) is 5.91 Å². The topological polar surface area (TPSA) is 54.9 Å². The molecule has 0 unspecified atom stereocenters. The average molecular weight is 337 g/mol. The molecule has 122 valence electrons. The van der Waals surface area contributed by atoms with Crippen molar-refractivity contribution in [1.29, 1.82) is 0 Å². The minimum atomic E-state index is 0.0148. The number of rotatable bonds is 5. The Morgan fingerprint density at radius 2 is 2.08 bits per heavy atom. The van der Waals surface area contributed by atoms with Gasteiger partial charge in [0.25, 0.3) is 0 Å². The van der Waals surface area contributed by atoms with Crippen LogP contribution in [0, 0.1) is 13.8 Å². The van der Waals surface area contributed by atoms with Gasteiger partial charge in [-0.1, -0.05) is 29.8 Å². The highest BCUT2D eigenvalue weighted by Gasteiger charge is 2.13. The summed E-state index contributed by atoms with van der Waals surface area (Å²) in [6, 6.07) is 12.0. The summed E-state index contributed by atoms with van der Waals surface area (Å²) in [5.74, 6) is 0.0148. The van der Waals surface area contributed by atoms with Crippen molar-refractivity contribution in [2.24, 2.45) is 0 Å². The number of nitrogens with zero attached hydrogens (tertiary/aromatic N) is 2. The molecule has 0 aliphatic carbocycles. The van der Waals surface area contributed by atoms with E-state index in [2.05, 4.69) is 21.4 Å². The van der Waals surface area contributed by atoms with Crippen LogP contribution in [0.3, 0.4) is 0 Å². The summed E-state index contributed by atoms with van der Waals surface area (Å²) in [6.07, 6.45) is 3.89. The van der Waals surface area contributed by atoms with E-state index in [1.165, 1.54) is 5.56 Å². The molecule has 0 radical (unpaired) electrons. The molecule has 3 rings (SSSR count). The van der Waals surface area contributed by atoms with E-state index < -0.39 is 0 Å². The lowest BCUT2D eigenvalue weighted by Gasteiger charge is -2.05. The van der Waals surface area contributed by atoms with Crippen LogP contribution in [0.4, 0.5) is 0 Å². The molecule has 1 amide bonds. The summed E-state index contributed by atoms with van der Waals surface area (Å²) in [7, 11) is 0. The molecule has 2 aromatic heterocycles. The highest BCUT2D eigenvalue weighted by Crippen LogP contribution is 2.27.